The third-order valence-electron chi connectivity index (χ3n) is 4.35. The van der Waals surface area contributed by atoms with Gasteiger partial charge in [-0.05, 0) is 26.5 Å². The van der Waals surface area contributed by atoms with Gasteiger partial charge in [0.15, 0.2) is 5.96 Å². The first-order valence-corrected chi connectivity index (χ1v) is 8.97. The third-order valence-corrected chi connectivity index (χ3v) is 4.35. The second-order valence-electron chi connectivity index (χ2n) is 6.67. The molecule has 1 aromatic carbocycles. The summed E-state index contributed by atoms with van der Waals surface area (Å²) in [6.07, 6.45) is 0.224. The molecule has 2 N–H and O–H groups in total. The molecular weight excluding hydrogens is 427 g/mol. The van der Waals surface area contributed by atoms with Crippen molar-refractivity contribution in [1.82, 2.24) is 15.5 Å². The van der Waals surface area contributed by atoms with Crippen LogP contribution in [0, 0.1) is 6.92 Å². The van der Waals surface area contributed by atoms with E-state index >= 15 is 0 Å². The number of halogens is 1. The molecule has 1 heterocycles. The number of ether oxygens (including phenoxy) is 1. The Kier molecular flexibility index (Phi) is 10.4. The molecule has 0 aromatic heterocycles. The van der Waals surface area contributed by atoms with Gasteiger partial charge in [-0.25, -0.2) is 0 Å². The second kappa shape index (κ2) is 11.7. The summed E-state index contributed by atoms with van der Waals surface area (Å²) in [7, 11) is 2.14. The van der Waals surface area contributed by atoms with Crippen LogP contribution in [0.2, 0.25) is 0 Å². The molecule has 0 aliphatic carbocycles. The summed E-state index contributed by atoms with van der Waals surface area (Å²) < 4.78 is 5.80. The van der Waals surface area contributed by atoms with Crippen LogP contribution in [-0.2, 0) is 4.74 Å². The molecule has 1 aromatic rings. The van der Waals surface area contributed by atoms with Crippen LogP contribution < -0.4 is 10.6 Å². The molecule has 1 aliphatic heterocycles. The highest BCUT2D eigenvalue weighted by molar-refractivity contribution is 14.0. The number of aryl methyl sites for hydroxylation is 1. The smallest absolute Gasteiger partial charge is 0.191 e. The van der Waals surface area contributed by atoms with E-state index in [1.54, 1.807) is 0 Å². The lowest BCUT2D eigenvalue weighted by Gasteiger charge is -2.30. The van der Waals surface area contributed by atoms with Crippen LogP contribution in [0.5, 0.6) is 0 Å². The zero-order valence-corrected chi connectivity index (χ0v) is 18.2. The number of guanidine groups is 1. The Bertz CT molecular complexity index is 521. The van der Waals surface area contributed by atoms with Crippen molar-refractivity contribution in [1.29, 1.82) is 0 Å². The maximum atomic E-state index is 5.80. The molecule has 142 valence electrons. The SMILES string of the molecule is CCNC(=NCC(C)c1ccc(C)cc1)NCC1CN(C)CCO1.I. The van der Waals surface area contributed by atoms with Gasteiger partial charge in [-0.1, -0.05) is 36.8 Å². The number of nitrogens with zero attached hydrogens (tertiary/aromatic N) is 2. The molecule has 1 saturated heterocycles. The molecular formula is C19H33IN4O. The summed E-state index contributed by atoms with van der Waals surface area (Å²) >= 11 is 0. The summed E-state index contributed by atoms with van der Waals surface area (Å²) in [6, 6.07) is 8.72. The Balaban J connectivity index is 0.00000312. The lowest BCUT2D eigenvalue weighted by atomic mass is 10.0. The first kappa shape index (κ1) is 22.2. The Morgan fingerprint density at radius 3 is 2.68 bits per heavy atom. The molecule has 6 heteroatoms. The number of morpholine rings is 1. The number of aliphatic imine (C=N–C) groups is 1. The van der Waals surface area contributed by atoms with Gasteiger partial charge in [0.05, 0.1) is 12.7 Å². The quantitative estimate of drug-likeness (QED) is 0.390. The van der Waals surface area contributed by atoms with Crippen molar-refractivity contribution in [3.8, 4) is 0 Å². The van der Waals surface area contributed by atoms with Crippen molar-refractivity contribution in [2.75, 3.05) is 46.4 Å². The van der Waals surface area contributed by atoms with E-state index in [0.29, 0.717) is 5.92 Å². The first-order valence-electron chi connectivity index (χ1n) is 8.97. The highest BCUT2D eigenvalue weighted by Gasteiger charge is 2.17. The molecule has 2 unspecified atom stereocenters. The topological polar surface area (TPSA) is 48.9 Å². The summed E-state index contributed by atoms with van der Waals surface area (Å²) in [5, 5.41) is 6.73. The number of hydrogen-bond acceptors (Lipinski definition) is 3. The number of nitrogens with one attached hydrogen (secondary N) is 2. The fourth-order valence-electron chi connectivity index (χ4n) is 2.77. The minimum absolute atomic E-state index is 0. The minimum atomic E-state index is 0. The van der Waals surface area contributed by atoms with Gasteiger partial charge in [-0.2, -0.15) is 0 Å². The highest BCUT2D eigenvalue weighted by atomic mass is 127. The van der Waals surface area contributed by atoms with E-state index < -0.39 is 0 Å². The second-order valence-corrected chi connectivity index (χ2v) is 6.67. The molecule has 0 bridgehead atoms. The zero-order chi connectivity index (χ0) is 17.4. The van der Waals surface area contributed by atoms with Crippen LogP contribution >= 0.6 is 24.0 Å². The summed E-state index contributed by atoms with van der Waals surface area (Å²) in [5.74, 6) is 1.27. The molecule has 0 radical (unpaired) electrons. The summed E-state index contributed by atoms with van der Waals surface area (Å²) in [5.41, 5.74) is 2.62. The third kappa shape index (κ3) is 7.92. The van der Waals surface area contributed by atoms with E-state index in [-0.39, 0.29) is 30.1 Å². The van der Waals surface area contributed by atoms with Crippen molar-refractivity contribution in [2.45, 2.75) is 32.8 Å². The van der Waals surface area contributed by atoms with Crippen LogP contribution in [0.25, 0.3) is 0 Å². The van der Waals surface area contributed by atoms with Gasteiger partial charge in [0.1, 0.15) is 0 Å². The molecule has 0 saturated carbocycles. The average molecular weight is 460 g/mol. The van der Waals surface area contributed by atoms with Crippen LogP contribution in [0.3, 0.4) is 0 Å². The van der Waals surface area contributed by atoms with Crippen molar-refractivity contribution in [2.24, 2.45) is 4.99 Å². The van der Waals surface area contributed by atoms with Crippen LogP contribution in [0.4, 0.5) is 0 Å². The van der Waals surface area contributed by atoms with Gasteiger partial charge in [0.25, 0.3) is 0 Å². The predicted octanol–water partition coefficient (Wildman–Crippen LogP) is 2.60. The minimum Gasteiger partial charge on any atom is -0.374 e. The maximum Gasteiger partial charge on any atom is 0.191 e. The average Bonchev–Trinajstić information content (AvgIpc) is 2.58. The normalized spacial score (nSPS) is 19.8. The first-order chi connectivity index (χ1) is 11.6. The molecule has 1 aliphatic rings. The van der Waals surface area contributed by atoms with E-state index in [2.05, 4.69) is 67.6 Å². The Labute approximate surface area is 169 Å². The predicted molar refractivity (Wildman–Crippen MR) is 116 cm³/mol. The van der Waals surface area contributed by atoms with Gasteiger partial charge >= 0.3 is 0 Å². The number of hydrogen-bond donors (Lipinski definition) is 2. The van der Waals surface area contributed by atoms with Crippen molar-refractivity contribution < 1.29 is 4.74 Å². The van der Waals surface area contributed by atoms with Crippen LogP contribution in [0.15, 0.2) is 29.3 Å². The van der Waals surface area contributed by atoms with E-state index in [0.717, 1.165) is 45.3 Å². The number of rotatable bonds is 6. The number of likely N-dealkylation sites (N-methyl/N-ethyl adjacent to an activating group) is 1. The summed E-state index contributed by atoms with van der Waals surface area (Å²) in [4.78, 5) is 7.05. The maximum absolute atomic E-state index is 5.80. The molecule has 2 rings (SSSR count). The number of benzene rings is 1. The fourth-order valence-corrected chi connectivity index (χ4v) is 2.77. The monoisotopic (exact) mass is 460 g/mol. The molecule has 5 nitrogen and oxygen atoms in total. The van der Waals surface area contributed by atoms with Gasteiger partial charge in [-0.3, -0.25) is 4.99 Å². The van der Waals surface area contributed by atoms with E-state index in [4.69, 9.17) is 9.73 Å². The van der Waals surface area contributed by atoms with Crippen molar-refractivity contribution in [3.63, 3.8) is 0 Å². The van der Waals surface area contributed by atoms with Gasteiger partial charge < -0.3 is 20.3 Å². The molecule has 0 spiro atoms. The van der Waals surface area contributed by atoms with Crippen LogP contribution in [-0.4, -0.2) is 63.3 Å². The standard InChI is InChI=1S/C19H32N4O.HI/c1-5-20-19(22-13-18-14-23(4)10-11-24-18)21-12-16(3)17-8-6-15(2)7-9-17;/h6-9,16,18H,5,10-14H2,1-4H3,(H2,20,21,22);1H. The Morgan fingerprint density at radius 1 is 1.32 bits per heavy atom. The van der Waals surface area contributed by atoms with Crippen molar-refractivity contribution >= 4 is 29.9 Å². The lowest BCUT2D eigenvalue weighted by Crippen LogP contribution is -2.48. The molecule has 2 atom stereocenters. The highest BCUT2D eigenvalue weighted by Crippen LogP contribution is 2.15. The van der Waals surface area contributed by atoms with Gasteiger partial charge in [0, 0.05) is 38.6 Å². The van der Waals surface area contributed by atoms with Gasteiger partial charge in [0.2, 0.25) is 0 Å². The summed E-state index contributed by atoms with van der Waals surface area (Å²) in [6.45, 7) is 11.6. The lowest BCUT2D eigenvalue weighted by molar-refractivity contribution is -0.0161. The van der Waals surface area contributed by atoms with Crippen molar-refractivity contribution in [3.05, 3.63) is 35.4 Å². The van der Waals surface area contributed by atoms with E-state index in [1.165, 1.54) is 11.1 Å². The molecule has 0 amide bonds. The van der Waals surface area contributed by atoms with E-state index in [1.807, 2.05) is 0 Å². The zero-order valence-electron chi connectivity index (χ0n) is 15.9. The molecule has 1 fully saturated rings. The van der Waals surface area contributed by atoms with Crippen LogP contribution in [0.1, 0.15) is 30.9 Å². The Hall–Kier alpha value is -0.860. The fraction of sp³-hybridized carbons (Fsp3) is 0.632. The van der Waals surface area contributed by atoms with E-state index in [9.17, 15) is 0 Å². The molecule has 25 heavy (non-hydrogen) atoms. The van der Waals surface area contributed by atoms with Gasteiger partial charge in [-0.15, -0.1) is 24.0 Å². The largest absolute Gasteiger partial charge is 0.374 e. The Morgan fingerprint density at radius 2 is 2.04 bits per heavy atom.